The largest absolute Gasteiger partial charge is 0.504 e. The van der Waals surface area contributed by atoms with Gasteiger partial charge in [-0.2, -0.15) is 0 Å². The van der Waals surface area contributed by atoms with Gasteiger partial charge in [0, 0.05) is 11.1 Å². The first kappa shape index (κ1) is 30.8. The smallest absolute Gasteiger partial charge is 0.271 e. The lowest BCUT2D eigenvalue weighted by molar-refractivity contribution is -0.120. The third-order valence-electron chi connectivity index (χ3n) is 6.77. The standard InChI is InChI=1S/C32H28BrN3O7S/c1-4-42-24-13-18(12-21(33)30(24)43-16-26(34)39)14-25-31(40)36-29(20-10-11-22(38)23(15-20)41-3)27(17(2)37)28(35-32(36)44-25)19-8-6-5-7-9-19/h5-15,29,38H,4,16H2,1-3H3,(H2,34,39)/b25-14-/t29-/m1/s1. The van der Waals surface area contributed by atoms with Gasteiger partial charge in [0.05, 0.1) is 34.5 Å². The third kappa shape index (κ3) is 6.03. The van der Waals surface area contributed by atoms with Crippen LogP contribution in [0.15, 0.2) is 80.5 Å². The van der Waals surface area contributed by atoms with Gasteiger partial charge >= 0.3 is 0 Å². The second-order valence-corrected chi connectivity index (χ2v) is 11.6. The molecule has 1 aliphatic rings. The Morgan fingerprint density at radius 1 is 1.11 bits per heavy atom. The number of aromatic nitrogens is 1. The van der Waals surface area contributed by atoms with Gasteiger partial charge in [-0.25, -0.2) is 4.99 Å². The molecule has 0 radical (unpaired) electrons. The molecule has 1 aliphatic heterocycles. The second-order valence-electron chi connectivity index (χ2n) is 9.72. The number of carbonyl (C=O) groups excluding carboxylic acids is 2. The molecule has 10 nitrogen and oxygen atoms in total. The van der Waals surface area contributed by atoms with Gasteiger partial charge in [-0.15, -0.1) is 0 Å². The summed E-state index contributed by atoms with van der Waals surface area (Å²) in [4.78, 5) is 44.0. The molecular weight excluding hydrogens is 650 g/mol. The summed E-state index contributed by atoms with van der Waals surface area (Å²) in [6.07, 6.45) is 1.70. The highest BCUT2D eigenvalue weighted by molar-refractivity contribution is 9.10. The molecule has 1 amide bonds. The number of hydrogen-bond acceptors (Lipinski definition) is 9. The van der Waals surface area contributed by atoms with Crippen molar-refractivity contribution in [2.24, 2.45) is 10.7 Å². The van der Waals surface area contributed by atoms with Crippen LogP contribution >= 0.6 is 27.3 Å². The van der Waals surface area contributed by atoms with Crippen LogP contribution in [0.2, 0.25) is 0 Å². The van der Waals surface area contributed by atoms with E-state index in [1.807, 2.05) is 37.3 Å². The summed E-state index contributed by atoms with van der Waals surface area (Å²) in [6.45, 7) is 3.26. The normalized spacial score (nSPS) is 14.5. The molecule has 4 aromatic rings. The van der Waals surface area contributed by atoms with E-state index in [1.54, 1.807) is 30.3 Å². The van der Waals surface area contributed by atoms with Crippen LogP contribution in [0.1, 0.15) is 36.6 Å². The van der Waals surface area contributed by atoms with E-state index in [0.29, 0.717) is 54.3 Å². The Balaban J connectivity index is 1.75. The summed E-state index contributed by atoms with van der Waals surface area (Å²) in [6, 6.07) is 16.6. The fourth-order valence-electron chi connectivity index (χ4n) is 4.93. The fraction of sp³-hybridized carbons (Fsp3) is 0.188. The first-order valence-corrected chi connectivity index (χ1v) is 15.1. The number of fused-ring (bicyclic) bond motifs is 1. The number of allylic oxidation sites excluding steroid dienone is 1. The maximum Gasteiger partial charge on any atom is 0.271 e. The third-order valence-corrected chi connectivity index (χ3v) is 8.34. The Hall–Kier alpha value is -4.68. The van der Waals surface area contributed by atoms with Crippen LogP contribution in [-0.4, -0.2) is 41.7 Å². The highest BCUT2D eigenvalue weighted by Gasteiger charge is 2.33. The van der Waals surface area contributed by atoms with Gasteiger partial charge in [-0.1, -0.05) is 47.7 Å². The van der Waals surface area contributed by atoms with Crippen molar-refractivity contribution in [3.63, 3.8) is 0 Å². The number of halogens is 1. The van der Waals surface area contributed by atoms with Gasteiger partial charge in [0.25, 0.3) is 11.5 Å². The first-order chi connectivity index (χ1) is 21.1. The van der Waals surface area contributed by atoms with Crippen molar-refractivity contribution >= 4 is 50.7 Å². The lowest BCUT2D eigenvalue weighted by Crippen LogP contribution is -2.39. The minimum Gasteiger partial charge on any atom is -0.504 e. The number of rotatable bonds is 10. The number of phenolic OH excluding ortho intramolecular Hbond substituents is 1. The second kappa shape index (κ2) is 12.9. The lowest BCUT2D eigenvalue weighted by atomic mass is 9.90. The van der Waals surface area contributed by atoms with E-state index in [1.165, 1.54) is 36.0 Å². The molecule has 0 bridgehead atoms. The van der Waals surface area contributed by atoms with Gasteiger partial charge in [0.2, 0.25) is 0 Å². The van der Waals surface area contributed by atoms with E-state index < -0.39 is 11.9 Å². The van der Waals surface area contributed by atoms with Gasteiger partial charge in [0.15, 0.2) is 40.2 Å². The Labute approximate surface area is 264 Å². The van der Waals surface area contributed by atoms with E-state index in [9.17, 15) is 19.5 Å². The van der Waals surface area contributed by atoms with Crippen molar-refractivity contribution in [1.29, 1.82) is 0 Å². The predicted molar refractivity (Wildman–Crippen MR) is 170 cm³/mol. The minimum atomic E-state index is -0.842. The molecule has 44 heavy (non-hydrogen) atoms. The summed E-state index contributed by atoms with van der Waals surface area (Å²) >= 11 is 4.65. The molecule has 1 atom stereocenters. The molecule has 3 aromatic carbocycles. The highest BCUT2D eigenvalue weighted by atomic mass is 79.9. The monoisotopic (exact) mass is 677 g/mol. The number of primary amides is 1. The number of hydrogen-bond donors (Lipinski definition) is 2. The van der Waals surface area contributed by atoms with Crippen molar-refractivity contribution < 1.29 is 28.9 Å². The molecule has 0 fully saturated rings. The van der Waals surface area contributed by atoms with E-state index in [-0.39, 0.29) is 29.4 Å². The zero-order valence-corrected chi connectivity index (χ0v) is 26.4. The van der Waals surface area contributed by atoms with Crippen LogP contribution in [0.5, 0.6) is 23.0 Å². The molecule has 3 N–H and O–H groups in total. The Morgan fingerprint density at radius 2 is 1.86 bits per heavy atom. The summed E-state index contributed by atoms with van der Waals surface area (Å²) in [5.41, 5.74) is 7.59. The Bertz CT molecular complexity index is 1980. The number of amides is 1. The van der Waals surface area contributed by atoms with Gasteiger partial charge in [0.1, 0.15) is 0 Å². The molecule has 5 rings (SSSR count). The van der Waals surface area contributed by atoms with Crippen LogP contribution in [0, 0.1) is 0 Å². The number of carbonyl (C=O) groups is 2. The molecule has 2 heterocycles. The SMILES string of the molecule is CCOc1cc(/C=c2\sc3n(c2=O)[C@H](c2ccc(O)c(OC)c2)C(C(C)=O)=C(c2ccccc2)N=3)cc(Br)c1OCC(N)=O. The minimum absolute atomic E-state index is 0.0702. The van der Waals surface area contributed by atoms with Crippen LogP contribution in [0.4, 0.5) is 0 Å². The van der Waals surface area contributed by atoms with Gasteiger partial charge in [-0.3, -0.25) is 19.0 Å². The average Bonchev–Trinajstić information content (AvgIpc) is 3.30. The van der Waals surface area contributed by atoms with Gasteiger partial charge < -0.3 is 25.1 Å². The number of benzene rings is 3. The van der Waals surface area contributed by atoms with E-state index in [2.05, 4.69) is 15.9 Å². The molecule has 0 aliphatic carbocycles. The molecule has 0 saturated heterocycles. The number of nitrogens with zero attached hydrogens (tertiary/aromatic N) is 2. The van der Waals surface area contributed by atoms with Crippen molar-refractivity contribution in [3.8, 4) is 23.0 Å². The molecule has 226 valence electrons. The van der Waals surface area contributed by atoms with Crippen LogP contribution in [0.25, 0.3) is 11.8 Å². The molecule has 1 aromatic heterocycles. The maximum absolute atomic E-state index is 14.1. The highest BCUT2D eigenvalue weighted by Crippen LogP contribution is 2.39. The molecule has 0 saturated carbocycles. The summed E-state index contributed by atoms with van der Waals surface area (Å²) in [5, 5.41) is 10.3. The van der Waals surface area contributed by atoms with Crippen LogP contribution < -0.4 is 34.8 Å². The lowest BCUT2D eigenvalue weighted by Gasteiger charge is -2.26. The van der Waals surface area contributed by atoms with Crippen molar-refractivity contribution in [2.75, 3.05) is 20.3 Å². The number of ketones is 1. The fourth-order valence-corrected chi connectivity index (χ4v) is 6.51. The summed E-state index contributed by atoms with van der Waals surface area (Å²) < 4.78 is 19.0. The Morgan fingerprint density at radius 3 is 2.52 bits per heavy atom. The number of thiazole rings is 1. The average molecular weight is 679 g/mol. The van der Waals surface area contributed by atoms with Crippen molar-refractivity contribution in [1.82, 2.24) is 4.57 Å². The van der Waals surface area contributed by atoms with Crippen molar-refractivity contribution in [3.05, 3.63) is 107 Å². The molecular formula is C32H28BrN3O7S. The first-order valence-electron chi connectivity index (χ1n) is 13.5. The van der Waals surface area contributed by atoms with E-state index >= 15 is 0 Å². The quantitative estimate of drug-likeness (QED) is 0.261. The number of phenols is 1. The number of Topliss-reactive ketones (excluding diaryl/α,β-unsaturated/α-hetero) is 1. The van der Waals surface area contributed by atoms with E-state index in [4.69, 9.17) is 24.9 Å². The Kier molecular flexibility index (Phi) is 9.02. The topological polar surface area (TPSA) is 142 Å². The number of nitrogens with two attached hydrogens (primary N) is 1. The van der Waals surface area contributed by atoms with Crippen LogP contribution in [-0.2, 0) is 9.59 Å². The summed E-state index contributed by atoms with van der Waals surface area (Å²) in [5.74, 6) is -0.0801. The number of ether oxygens (including phenoxy) is 3. The summed E-state index contributed by atoms with van der Waals surface area (Å²) in [7, 11) is 1.43. The molecule has 0 spiro atoms. The van der Waals surface area contributed by atoms with Crippen molar-refractivity contribution in [2.45, 2.75) is 19.9 Å². The van der Waals surface area contributed by atoms with Crippen LogP contribution in [0.3, 0.4) is 0 Å². The number of aromatic hydroxyl groups is 1. The van der Waals surface area contributed by atoms with Gasteiger partial charge in [-0.05, 0) is 71.2 Å². The molecule has 0 unspecified atom stereocenters. The number of methoxy groups -OCH3 is 1. The maximum atomic E-state index is 14.1. The zero-order valence-electron chi connectivity index (χ0n) is 24.0. The molecule has 12 heteroatoms. The zero-order chi connectivity index (χ0) is 31.5. The van der Waals surface area contributed by atoms with E-state index in [0.717, 1.165) is 5.56 Å². The predicted octanol–water partition coefficient (Wildman–Crippen LogP) is 3.70.